The predicted molar refractivity (Wildman–Crippen MR) is 72.8 cm³/mol. The van der Waals surface area contributed by atoms with Gasteiger partial charge in [-0.25, -0.2) is 4.98 Å². The van der Waals surface area contributed by atoms with Crippen LogP contribution < -0.4 is 5.56 Å². The topological polar surface area (TPSA) is 45.8 Å². The second kappa shape index (κ2) is 4.27. The summed E-state index contributed by atoms with van der Waals surface area (Å²) in [5.74, 6) is 0. The molecule has 0 aliphatic carbocycles. The molecule has 0 radical (unpaired) electrons. The van der Waals surface area contributed by atoms with E-state index in [-0.39, 0.29) is 5.56 Å². The van der Waals surface area contributed by atoms with Crippen molar-refractivity contribution in [2.24, 2.45) is 0 Å². The molecule has 1 aromatic heterocycles. The number of H-pyrrole nitrogens is 1. The highest BCUT2D eigenvalue weighted by Crippen LogP contribution is 2.28. The lowest BCUT2D eigenvalue weighted by Gasteiger charge is -2.05. The van der Waals surface area contributed by atoms with Gasteiger partial charge in [-0.15, -0.1) is 0 Å². The monoisotopic (exact) mass is 256 g/mol. The van der Waals surface area contributed by atoms with Gasteiger partial charge in [-0.05, 0) is 23.8 Å². The summed E-state index contributed by atoms with van der Waals surface area (Å²) in [7, 11) is 0. The fraction of sp³-hybridized carbons (Fsp3) is 0. The maximum Gasteiger partial charge on any atom is 0.258 e. The van der Waals surface area contributed by atoms with Gasteiger partial charge in [0.05, 0.1) is 17.2 Å². The summed E-state index contributed by atoms with van der Waals surface area (Å²) in [5, 5.41) is 1.23. The minimum Gasteiger partial charge on any atom is -0.313 e. The van der Waals surface area contributed by atoms with E-state index in [1.54, 1.807) is 0 Å². The fourth-order valence-corrected chi connectivity index (χ4v) is 2.18. The van der Waals surface area contributed by atoms with E-state index in [1.165, 1.54) is 6.33 Å². The largest absolute Gasteiger partial charge is 0.313 e. The first-order chi connectivity index (χ1) is 8.75. The summed E-state index contributed by atoms with van der Waals surface area (Å²) in [4.78, 5) is 18.4. The Labute approximate surface area is 108 Å². The first kappa shape index (κ1) is 11.0. The zero-order chi connectivity index (χ0) is 12.5. The Bertz CT molecular complexity index is 780. The van der Waals surface area contributed by atoms with E-state index >= 15 is 0 Å². The number of benzene rings is 2. The van der Waals surface area contributed by atoms with Gasteiger partial charge >= 0.3 is 0 Å². The second-order valence-electron chi connectivity index (χ2n) is 3.94. The maximum atomic E-state index is 11.7. The Morgan fingerprint density at radius 1 is 1.11 bits per heavy atom. The molecule has 0 unspecified atom stereocenters. The molecule has 18 heavy (non-hydrogen) atoms. The van der Waals surface area contributed by atoms with Crippen LogP contribution in [0.25, 0.3) is 22.0 Å². The van der Waals surface area contributed by atoms with E-state index in [9.17, 15) is 4.79 Å². The van der Waals surface area contributed by atoms with Crippen LogP contribution in [-0.2, 0) is 0 Å². The molecule has 3 nitrogen and oxygen atoms in total. The van der Waals surface area contributed by atoms with Gasteiger partial charge < -0.3 is 4.98 Å². The van der Waals surface area contributed by atoms with Gasteiger partial charge in [-0.3, -0.25) is 4.79 Å². The van der Waals surface area contributed by atoms with Crippen molar-refractivity contribution in [3.8, 4) is 11.1 Å². The fourth-order valence-electron chi connectivity index (χ4n) is 1.93. The van der Waals surface area contributed by atoms with Crippen LogP contribution in [0.5, 0.6) is 0 Å². The predicted octanol–water partition coefficient (Wildman–Crippen LogP) is 3.24. The van der Waals surface area contributed by atoms with Crippen molar-refractivity contribution < 1.29 is 0 Å². The van der Waals surface area contributed by atoms with Crippen LogP contribution in [-0.4, -0.2) is 9.97 Å². The normalized spacial score (nSPS) is 10.7. The molecule has 1 N–H and O–H groups in total. The van der Waals surface area contributed by atoms with Crippen LogP contribution in [0.3, 0.4) is 0 Å². The van der Waals surface area contributed by atoms with E-state index in [0.717, 1.165) is 11.1 Å². The molecule has 0 spiro atoms. The molecule has 88 valence electrons. The average molecular weight is 257 g/mol. The van der Waals surface area contributed by atoms with Gasteiger partial charge in [0, 0.05) is 10.6 Å². The second-order valence-corrected chi connectivity index (χ2v) is 4.35. The van der Waals surface area contributed by atoms with Crippen LogP contribution in [0, 0.1) is 0 Å². The third kappa shape index (κ3) is 1.79. The Balaban J connectivity index is 2.29. The van der Waals surface area contributed by atoms with E-state index in [2.05, 4.69) is 9.97 Å². The quantitative estimate of drug-likeness (QED) is 0.726. The Morgan fingerprint density at radius 2 is 1.94 bits per heavy atom. The molecule has 0 saturated carbocycles. The molecule has 3 aromatic rings. The maximum absolute atomic E-state index is 11.7. The number of aromatic nitrogens is 2. The van der Waals surface area contributed by atoms with Gasteiger partial charge in [-0.2, -0.15) is 0 Å². The lowest BCUT2D eigenvalue weighted by Crippen LogP contribution is -2.05. The van der Waals surface area contributed by atoms with E-state index in [0.29, 0.717) is 15.9 Å². The molecule has 1 heterocycles. The van der Waals surface area contributed by atoms with E-state index in [1.807, 2.05) is 42.5 Å². The van der Waals surface area contributed by atoms with Crippen LogP contribution in [0.15, 0.2) is 53.6 Å². The SMILES string of the molecule is O=c1[nH]cnc2ccc(-c3ccccc3Cl)cc12. The Hall–Kier alpha value is -2.13. The summed E-state index contributed by atoms with van der Waals surface area (Å²) in [6, 6.07) is 13.1. The summed E-state index contributed by atoms with van der Waals surface area (Å²) in [6.07, 6.45) is 1.40. The Morgan fingerprint density at radius 3 is 2.78 bits per heavy atom. The average Bonchev–Trinajstić information content (AvgIpc) is 2.40. The van der Waals surface area contributed by atoms with Crippen molar-refractivity contribution >= 4 is 22.5 Å². The molecule has 0 aliphatic rings. The highest BCUT2D eigenvalue weighted by Gasteiger charge is 2.05. The number of fused-ring (bicyclic) bond motifs is 1. The minimum absolute atomic E-state index is 0.145. The third-order valence-corrected chi connectivity index (χ3v) is 3.15. The number of halogens is 1. The zero-order valence-electron chi connectivity index (χ0n) is 9.35. The van der Waals surface area contributed by atoms with Crippen molar-refractivity contribution in [2.45, 2.75) is 0 Å². The molecule has 0 bridgehead atoms. The first-order valence-electron chi connectivity index (χ1n) is 5.48. The first-order valence-corrected chi connectivity index (χ1v) is 5.86. The third-order valence-electron chi connectivity index (χ3n) is 2.83. The van der Waals surface area contributed by atoms with Gasteiger partial charge in [0.1, 0.15) is 0 Å². The smallest absolute Gasteiger partial charge is 0.258 e. The van der Waals surface area contributed by atoms with Crippen molar-refractivity contribution in [3.05, 3.63) is 64.2 Å². The number of nitrogens with zero attached hydrogens (tertiary/aromatic N) is 1. The summed E-state index contributed by atoms with van der Waals surface area (Å²) < 4.78 is 0. The van der Waals surface area contributed by atoms with E-state index < -0.39 is 0 Å². The molecular weight excluding hydrogens is 248 g/mol. The highest BCUT2D eigenvalue weighted by molar-refractivity contribution is 6.33. The lowest BCUT2D eigenvalue weighted by molar-refractivity contribution is 1.17. The lowest BCUT2D eigenvalue weighted by atomic mass is 10.0. The molecule has 0 atom stereocenters. The van der Waals surface area contributed by atoms with Crippen LogP contribution in [0.2, 0.25) is 5.02 Å². The van der Waals surface area contributed by atoms with Crippen molar-refractivity contribution in [1.29, 1.82) is 0 Å². The number of rotatable bonds is 1. The standard InChI is InChI=1S/C14H9ClN2O/c15-12-4-2-1-3-10(12)9-5-6-13-11(7-9)14(18)17-8-16-13/h1-8H,(H,16,17,18). The number of nitrogens with one attached hydrogen (secondary N) is 1. The Kier molecular flexibility index (Phi) is 2.61. The molecule has 0 amide bonds. The van der Waals surface area contributed by atoms with E-state index in [4.69, 9.17) is 11.6 Å². The number of hydrogen-bond acceptors (Lipinski definition) is 2. The number of hydrogen-bond donors (Lipinski definition) is 1. The minimum atomic E-state index is -0.145. The van der Waals surface area contributed by atoms with Gasteiger partial charge in [-0.1, -0.05) is 35.9 Å². The van der Waals surface area contributed by atoms with Crippen molar-refractivity contribution in [1.82, 2.24) is 9.97 Å². The van der Waals surface area contributed by atoms with Crippen LogP contribution in [0.1, 0.15) is 0 Å². The van der Waals surface area contributed by atoms with Crippen molar-refractivity contribution in [2.75, 3.05) is 0 Å². The van der Waals surface area contributed by atoms with Crippen LogP contribution >= 0.6 is 11.6 Å². The zero-order valence-corrected chi connectivity index (χ0v) is 10.1. The van der Waals surface area contributed by atoms with Crippen molar-refractivity contribution in [3.63, 3.8) is 0 Å². The highest BCUT2D eigenvalue weighted by atomic mass is 35.5. The summed E-state index contributed by atoms with van der Waals surface area (Å²) >= 11 is 6.15. The molecular formula is C14H9ClN2O. The molecule has 0 aliphatic heterocycles. The molecule has 3 rings (SSSR count). The molecule has 0 saturated heterocycles. The summed E-state index contributed by atoms with van der Waals surface area (Å²) in [6.45, 7) is 0. The van der Waals surface area contributed by atoms with Gasteiger partial charge in [0.2, 0.25) is 0 Å². The van der Waals surface area contributed by atoms with Gasteiger partial charge in [0.15, 0.2) is 0 Å². The number of aromatic amines is 1. The molecule has 2 aromatic carbocycles. The van der Waals surface area contributed by atoms with Crippen LogP contribution in [0.4, 0.5) is 0 Å². The molecule has 0 fully saturated rings. The molecule has 4 heteroatoms. The summed E-state index contributed by atoms with van der Waals surface area (Å²) in [5.41, 5.74) is 2.35. The van der Waals surface area contributed by atoms with Gasteiger partial charge in [0.25, 0.3) is 5.56 Å².